The van der Waals surface area contributed by atoms with Crippen LogP contribution in [-0.4, -0.2) is 61.4 Å². The highest BCUT2D eigenvalue weighted by atomic mass is 19.1. The Hall–Kier alpha value is -1.93. The Kier molecular flexibility index (Phi) is 4.60. The third-order valence-corrected chi connectivity index (χ3v) is 4.31. The van der Waals surface area contributed by atoms with Crippen molar-refractivity contribution in [2.24, 2.45) is 0 Å². The molecule has 0 unspecified atom stereocenters. The smallest absolute Gasteiger partial charge is 0.307 e. The number of nitro benzene ring substituents is 1. The SMILES string of the molecule is CC1(C)CN(CCN2CCOCC2)c2cc([N+](=O)[O-])c(F)cc2O1. The van der Waals surface area contributed by atoms with E-state index in [1.807, 2.05) is 18.7 Å². The Morgan fingerprint density at radius 2 is 2.00 bits per heavy atom. The first-order valence-corrected chi connectivity index (χ1v) is 8.08. The maximum atomic E-state index is 13.9. The summed E-state index contributed by atoms with van der Waals surface area (Å²) in [4.78, 5) is 14.7. The Balaban J connectivity index is 1.83. The molecule has 0 spiro atoms. The number of hydrogen-bond donors (Lipinski definition) is 0. The van der Waals surface area contributed by atoms with Gasteiger partial charge in [0.1, 0.15) is 11.4 Å². The molecular weight excluding hydrogens is 317 g/mol. The number of morpholine rings is 1. The number of benzene rings is 1. The third kappa shape index (κ3) is 3.59. The molecule has 3 rings (SSSR count). The van der Waals surface area contributed by atoms with Crippen molar-refractivity contribution in [3.8, 4) is 5.75 Å². The average molecular weight is 339 g/mol. The van der Waals surface area contributed by atoms with Gasteiger partial charge < -0.3 is 14.4 Å². The van der Waals surface area contributed by atoms with Crippen molar-refractivity contribution in [3.63, 3.8) is 0 Å². The molecular formula is C16H22FN3O4. The minimum absolute atomic E-state index is 0.358. The lowest BCUT2D eigenvalue weighted by atomic mass is 10.0. The van der Waals surface area contributed by atoms with Gasteiger partial charge in [0, 0.05) is 38.3 Å². The van der Waals surface area contributed by atoms with Gasteiger partial charge in [0.2, 0.25) is 5.82 Å². The molecule has 2 aliphatic rings. The van der Waals surface area contributed by atoms with Gasteiger partial charge in [0.25, 0.3) is 0 Å². The lowest BCUT2D eigenvalue weighted by molar-refractivity contribution is -0.387. The van der Waals surface area contributed by atoms with E-state index < -0.39 is 22.0 Å². The zero-order valence-corrected chi connectivity index (χ0v) is 14.0. The second kappa shape index (κ2) is 6.52. The topological polar surface area (TPSA) is 68.1 Å². The molecule has 1 aromatic carbocycles. The van der Waals surface area contributed by atoms with Crippen molar-refractivity contribution < 1.29 is 18.8 Å². The summed E-state index contributed by atoms with van der Waals surface area (Å²) in [5, 5.41) is 11.0. The minimum Gasteiger partial charge on any atom is -0.484 e. The van der Waals surface area contributed by atoms with E-state index in [2.05, 4.69) is 4.90 Å². The molecule has 132 valence electrons. The van der Waals surface area contributed by atoms with Gasteiger partial charge in [-0.15, -0.1) is 0 Å². The number of fused-ring (bicyclic) bond motifs is 1. The Morgan fingerprint density at radius 3 is 2.67 bits per heavy atom. The minimum atomic E-state index is -0.871. The van der Waals surface area contributed by atoms with Crippen LogP contribution in [0.3, 0.4) is 0 Å². The van der Waals surface area contributed by atoms with Crippen LogP contribution in [-0.2, 0) is 4.74 Å². The highest BCUT2D eigenvalue weighted by Crippen LogP contribution is 2.40. The van der Waals surface area contributed by atoms with Gasteiger partial charge >= 0.3 is 5.69 Å². The molecule has 2 aliphatic heterocycles. The lowest BCUT2D eigenvalue weighted by Crippen LogP contribution is -2.50. The zero-order valence-electron chi connectivity index (χ0n) is 14.0. The Labute approximate surface area is 140 Å². The molecule has 0 amide bonds. The van der Waals surface area contributed by atoms with Gasteiger partial charge in [-0.3, -0.25) is 15.0 Å². The van der Waals surface area contributed by atoms with Gasteiger partial charge in [-0.25, -0.2) is 0 Å². The molecule has 1 aromatic rings. The number of hydrogen-bond acceptors (Lipinski definition) is 6. The first-order valence-electron chi connectivity index (χ1n) is 8.08. The average Bonchev–Trinajstić information content (AvgIpc) is 2.51. The van der Waals surface area contributed by atoms with Gasteiger partial charge in [-0.1, -0.05) is 0 Å². The summed E-state index contributed by atoms with van der Waals surface area (Å²) in [6.07, 6.45) is 0. The molecule has 0 aliphatic carbocycles. The predicted molar refractivity (Wildman–Crippen MR) is 87.2 cm³/mol. The fourth-order valence-electron chi connectivity index (χ4n) is 3.16. The van der Waals surface area contributed by atoms with Crippen molar-refractivity contribution in [2.75, 3.05) is 50.8 Å². The monoisotopic (exact) mass is 339 g/mol. The van der Waals surface area contributed by atoms with Crippen LogP contribution in [0.5, 0.6) is 5.75 Å². The lowest BCUT2D eigenvalue weighted by Gasteiger charge is -2.41. The van der Waals surface area contributed by atoms with E-state index >= 15 is 0 Å². The highest BCUT2D eigenvalue weighted by Gasteiger charge is 2.34. The molecule has 2 heterocycles. The van der Waals surface area contributed by atoms with Crippen molar-refractivity contribution >= 4 is 11.4 Å². The molecule has 0 radical (unpaired) electrons. The van der Waals surface area contributed by atoms with Crippen LogP contribution < -0.4 is 9.64 Å². The van der Waals surface area contributed by atoms with E-state index in [1.54, 1.807) is 0 Å². The third-order valence-electron chi connectivity index (χ3n) is 4.31. The highest BCUT2D eigenvalue weighted by molar-refractivity contribution is 5.65. The van der Waals surface area contributed by atoms with Gasteiger partial charge in [0.05, 0.1) is 30.4 Å². The first kappa shape index (κ1) is 16.9. The van der Waals surface area contributed by atoms with Gasteiger partial charge in [0.15, 0.2) is 0 Å². The number of anilines is 1. The van der Waals surface area contributed by atoms with Crippen LogP contribution in [0.15, 0.2) is 12.1 Å². The van der Waals surface area contributed by atoms with Crippen LogP contribution in [0.4, 0.5) is 15.8 Å². The maximum Gasteiger partial charge on any atom is 0.307 e. The molecule has 0 saturated carbocycles. The Morgan fingerprint density at radius 1 is 1.29 bits per heavy atom. The number of rotatable bonds is 4. The fourth-order valence-corrected chi connectivity index (χ4v) is 3.16. The van der Waals surface area contributed by atoms with Gasteiger partial charge in [-0.05, 0) is 13.8 Å². The van der Waals surface area contributed by atoms with Crippen LogP contribution in [0.2, 0.25) is 0 Å². The normalized spacial score (nSPS) is 20.4. The number of nitro groups is 1. The molecule has 24 heavy (non-hydrogen) atoms. The molecule has 1 fully saturated rings. The molecule has 8 heteroatoms. The summed E-state index contributed by atoms with van der Waals surface area (Å²) in [6, 6.07) is 2.40. The summed E-state index contributed by atoms with van der Waals surface area (Å²) in [5.41, 5.74) is -0.426. The van der Waals surface area contributed by atoms with E-state index in [-0.39, 0.29) is 0 Å². The number of halogens is 1. The van der Waals surface area contributed by atoms with E-state index in [0.29, 0.717) is 24.5 Å². The quantitative estimate of drug-likeness (QED) is 0.618. The summed E-state index contributed by atoms with van der Waals surface area (Å²) in [5.74, 6) is -0.513. The molecule has 0 N–H and O–H groups in total. The van der Waals surface area contributed by atoms with Crippen LogP contribution >= 0.6 is 0 Å². The van der Waals surface area contributed by atoms with E-state index in [9.17, 15) is 14.5 Å². The van der Waals surface area contributed by atoms with Crippen molar-refractivity contribution in [1.82, 2.24) is 4.90 Å². The second-order valence-electron chi connectivity index (χ2n) is 6.77. The second-order valence-corrected chi connectivity index (χ2v) is 6.77. The first-order chi connectivity index (χ1) is 11.4. The fraction of sp³-hybridized carbons (Fsp3) is 0.625. The summed E-state index contributed by atoms with van der Waals surface area (Å²) >= 11 is 0. The van der Waals surface area contributed by atoms with Crippen molar-refractivity contribution in [3.05, 3.63) is 28.1 Å². The largest absolute Gasteiger partial charge is 0.484 e. The van der Waals surface area contributed by atoms with Crippen LogP contribution in [0.1, 0.15) is 13.8 Å². The molecule has 7 nitrogen and oxygen atoms in total. The zero-order chi connectivity index (χ0) is 17.3. The van der Waals surface area contributed by atoms with Crippen molar-refractivity contribution in [2.45, 2.75) is 19.4 Å². The summed E-state index contributed by atoms with van der Waals surface area (Å²) in [6.45, 7) is 9.17. The molecule has 0 atom stereocenters. The van der Waals surface area contributed by atoms with Crippen LogP contribution in [0.25, 0.3) is 0 Å². The maximum absolute atomic E-state index is 13.9. The predicted octanol–water partition coefficient (Wildman–Crippen LogP) is 2.04. The van der Waals surface area contributed by atoms with E-state index in [1.165, 1.54) is 6.07 Å². The Bertz CT molecular complexity index is 632. The molecule has 0 bridgehead atoms. The number of nitrogens with zero attached hydrogens (tertiary/aromatic N) is 3. The van der Waals surface area contributed by atoms with Crippen molar-refractivity contribution in [1.29, 1.82) is 0 Å². The van der Waals surface area contributed by atoms with Crippen LogP contribution in [0, 0.1) is 15.9 Å². The van der Waals surface area contributed by atoms with Gasteiger partial charge in [-0.2, -0.15) is 4.39 Å². The summed E-state index contributed by atoms with van der Waals surface area (Å²) in [7, 11) is 0. The number of ether oxygens (including phenoxy) is 2. The standard InChI is InChI=1S/C16H22FN3O4/c1-16(2)11-19(4-3-18-5-7-23-8-6-18)14-10-13(20(21)22)12(17)9-15(14)24-16/h9-10H,3-8,11H2,1-2H3. The van der Waals surface area contributed by atoms with E-state index in [0.717, 1.165) is 38.9 Å². The molecule has 1 saturated heterocycles. The van der Waals surface area contributed by atoms with E-state index in [4.69, 9.17) is 9.47 Å². The molecule has 0 aromatic heterocycles. The summed E-state index contributed by atoms with van der Waals surface area (Å²) < 4.78 is 25.1.